The summed E-state index contributed by atoms with van der Waals surface area (Å²) in [5, 5.41) is 1.87. The lowest BCUT2D eigenvalue weighted by Crippen LogP contribution is -2.18. The Morgan fingerprint density at radius 2 is 2.40 bits per heavy atom. The van der Waals surface area contributed by atoms with Crippen LogP contribution in [0.25, 0.3) is 0 Å². The summed E-state index contributed by atoms with van der Waals surface area (Å²) >= 11 is 1.57. The Bertz CT molecular complexity index is 393. The van der Waals surface area contributed by atoms with Crippen LogP contribution in [0.1, 0.15) is 41.6 Å². The third-order valence-electron chi connectivity index (χ3n) is 2.53. The van der Waals surface area contributed by atoms with Crippen LogP contribution in [0.3, 0.4) is 0 Å². The zero-order chi connectivity index (χ0) is 11.1. The van der Waals surface area contributed by atoms with E-state index in [1.165, 1.54) is 0 Å². The minimum Gasteiger partial charge on any atom is -0.462 e. The molecule has 0 fully saturated rings. The maximum atomic E-state index is 11.7. The summed E-state index contributed by atoms with van der Waals surface area (Å²) in [5.74, 6) is -0.242. The third-order valence-corrected chi connectivity index (χ3v) is 3.49. The summed E-state index contributed by atoms with van der Waals surface area (Å²) in [6, 6.07) is 0. The molecule has 0 aromatic carbocycles. The normalized spacial score (nSPS) is 17.5. The molecule has 1 aliphatic heterocycles. The van der Waals surface area contributed by atoms with E-state index in [1.54, 1.807) is 11.3 Å². The van der Waals surface area contributed by atoms with Gasteiger partial charge in [0.1, 0.15) is 0 Å². The second-order valence-electron chi connectivity index (χ2n) is 3.97. The number of carbonyl (C=O) groups is 1. The van der Waals surface area contributed by atoms with Crippen LogP contribution < -0.4 is 0 Å². The van der Waals surface area contributed by atoms with Gasteiger partial charge in [0.15, 0.2) is 0 Å². The first kappa shape index (κ1) is 10.6. The van der Waals surface area contributed by atoms with Crippen LogP contribution in [0.5, 0.6) is 0 Å². The molecule has 0 spiro atoms. The molecule has 0 unspecified atom stereocenters. The Hall–Kier alpha value is -0.870. The Balaban J connectivity index is 2.39. The van der Waals surface area contributed by atoms with Crippen molar-refractivity contribution < 1.29 is 14.3 Å². The van der Waals surface area contributed by atoms with E-state index in [9.17, 15) is 4.79 Å². The van der Waals surface area contributed by atoms with Crippen molar-refractivity contribution in [1.29, 1.82) is 0 Å². The molecule has 2 rings (SSSR count). The molecule has 15 heavy (non-hydrogen) atoms. The van der Waals surface area contributed by atoms with E-state index >= 15 is 0 Å². The molecule has 4 heteroatoms. The lowest BCUT2D eigenvalue weighted by molar-refractivity contribution is -0.00856. The van der Waals surface area contributed by atoms with E-state index in [2.05, 4.69) is 0 Å². The molecule has 0 amide bonds. The van der Waals surface area contributed by atoms with Gasteiger partial charge in [-0.05, 0) is 20.8 Å². The monoisotopic (exact) mass is 226 g/mol. The van der Waals surface area contributed by atoms with Gasteiger partial charge in [0.25, 0.3) is 0 Å². The molecular weight excluding hydrogens is 212 g/mol. The Kier molecular flexibility index (Phi) is 2.56. The number of thiophene rings is 1. The van der Waals surface area contributed by atoms with Crippen LogP contribution in [-0.4, -0.2) is 12.6 Å². The summed E-state index contributed by atoms with van der Waals surface area (Å²) in [6.45, 7) is 6.78. The quantitative estimate of drug-likeness (QED) is 0.727. The summed E-state index contributed by atoms with van der Waals surface area (Å²) in [4.78, 5) is 12.8. The average Bonchev–Trinajstić information content (AvgIpc) is 2.69. The molecule has 0 N–H and O–H groups in total. The third kappa shape index (κ3) is 1.68. The highest BCUT2D eigenvalue weighted by molar-refractivity contribution is 7.10. The zero-order valence-electron chi connectivity index (χ0n) is 9.12. The van der Waals surface area contributed by atoms with Crippen LogP contribution >= 0.6 is 11.3 Å². The van der Waals surface area contributed by atoms with Crippen LogP contribution in [-0.2, 0) is 21.7 Å². The molecule has 3 nitrogen and oxygen atoms in total. The molecule has 2 heterocycles. The van der Waals surface area contributed by atoms with Gasteiger partial charge in [-0.25, -0.2) is 4.79 Å². The highest BCUT2D eigenvalue weighted by Crippen LogP contribution is 2.41. The molecule has 0 radical (unpaired) electrons. The Labute approximate surface area is 93.0 Å². The summed E-state index contributed by atoms with van der Waals surface area (Å²) in [6.07, 6.45) is 0. The van der Waals surface area contributed by atoms with Crippen molar-refractivity contribution in [3.05, 3.63) is 21.4 Å². The van der Waals surface area contributed by atoms with E-state index in [0.717, 1.165) is 10.4 Å². The maximum absolute atomic E-state index is 11.7. The SMILES string of the molecule is CCOC(=O)c1csc2c1C(C)(C)OC2. The van der Waals surface area contributed by atoms with Gasteiger partial charge in [0.2, 0.25) is 0 Å². The summed E-state index contributed by atoms with van der Waals surface area (Å²) in [5.41, 5.74) is 1.31. The fourth-order valence-corrected chi connectivity index (χ4v) is 2.92. The number of hydrogen-bond acceptors (Lipinski definition) is 4. The number of ether oxygens (including phenoxy) is 2. The van der Waals surface area contributed by atoms with Crippen LogP contribution in [0.4, 0.5) is 0 Å². The summed E-state index contributed by atoms with van der Waals surface area (Å²) in [7, 11) is 0. The van der Waals surface area contributed by atoms with E-state index < -0.39 is 0 Å². The molecule has 1 aliphatic rings. The first-order valence-corrected chi connectivity index (χ1v) is 5.86. The number of carbonyl (C=O) groups excluding carboxylic acids is 1. The Morgan fingerprint density at radius 3 is 3.07 bits per heavy atom. The smallest absolute Gasteiger partial charge is 0.339 e. The molecule has 0 aliphatic carbocycles. The lowest BCUT2D eigenvalue weighted by Gasteiger charge is -2.18. The van der Waals surface area contributed by atoms with Gasteiger partial charge in [-0.2, -0.15) is 0 Å². The largest absolute Gasteiger partial charge is 0.462 e. The topological polar surface area (TPSA) is 35.5 Å². The van der Waals surface area contributed by atoms with E-state index in [-0.39, 0.29) is 11.6 Å². The van der Waals surface area contributed by atoms with E-state index in [1.807, 2.05) is 26.2 Å². The number of esters is 1. The van der Waals surface area contributed by atoms with Gasteiger partial charge in [0, 0.05) is 15.8 Å². The molecule has 0 bridgehead atoms. The molecule has 0 saturated carbocycles. The molecule has 0 saturated heterocycles. The van der Waals surface area contributed by atoms with Crippen molar-refractivity contribution in [2.75, 3.05) is 6.61 Å². The van der Waals surface area contributed by atoms with E-state index in [0.29, 0.717) is 18.8 Å². The van der Waals surface area contributed by atoms with Gasteiger partial charge in [-0.3, -0.25) is 0 Å². The molecule has 0 atom stereocenters. The standard InChI is InChI=1S/C11H14O3S/c1-4-13-10(12)7-6-15-8-5-14-11(2,3)9(7)8/h6H,4-5H2,1-3H3. The van der Waals surface area contributed by atoms with Gasteiger partial charge < -0.3 is 9.47 Å². The predicted molar refractivity (Wildman–Crippen MR) is 58.1 cm³/mol. The number of fused-ring (bicyclic) bond motifs is 1. The minimum atomic E-state index is -0.364. The minimum absolute atomic E-state index is 0.242. The van der Waals surface area contributed by atoms with Crippen LogP contribution in [0, 0.1) is 0 Å². The molecular formula is C11H14O3S. The number of hydrogen-bond donors (Lipinski definition) is 0. The van der Waals surface area contributed by atoms with Crippen molar-refractivity contribution in [3.8, 4) is 0 Å². The van der Waals surface area contributed by atoms with Gasteiger partial charge in [0.05, 0.1) is 24.4 Å². The van der Waals surface area contributed by atoms with Crippen molar-refractivity contribution in [3.63, 3.8) is 0 Å². The van der Waals surface area contributed by atoms with Crippen molar-refractivity contribution in [1.82, 2.24) is 0 Å². The highest BCUT2D eigenvalue weighted by atomic mass is 32.1. The Morgan fingerprint density at radius 1 is 1.67 bits per heavy atom. The maximum Gasteiger partial charge on any atom is 0.339 e. The van der Waals surface area contributed by atoms with Gasteiger partial charge in [-0.1, -0.05) is 0 Å². The van der Waals surface area contributed by atoms with Crippen molar-refractivity contribution in [2.45, 2.75) is 33.0 Å². The van der Waals surface area contributed by atoms with Crippen LogP contribution in [0.15, 0.2) is 5.38 Å². The molecule has 1 aromatic heterocycles. The van der Waals surface area contributed by atoms with Crippen molar-refractivity contribution >= 4 is 17.3 Å². The first-order valence-electron chi connectivity index (χ1n) is 4.98. The second-order valence-corrected chi connectivity index (χ2v) is 4.93. The molecule has 1 aromatic rings. The predicted octanol–water partition coefficient (Wildman–Crippen LogP) is 2.69. The zero-order valence-corrected chi connectivity index (χ0v) is 9.94. The van der Waals surface area contributed by atoms with Crippen LogP contribution in [0.2, 0.25) is 0 Å². The van der Waals surface area contributed by atoms with Crippen molar-refractivity contribution in [2.24, 2.45) is 0 Å². The van der Waals surface area contributed by atoms with Gasteiger partial charge >= 0.3 is 5.97 Å². The first-order chi connectivity index (χ1) is 7.06. The fourth-order valence-electron chi connectivity index (χ4n) is 1.84. The fraction of sp³-hybridized carbons (Fsp3) is 0.545. The highest BCUT2D eigenvalue weighted by Gasteiger charge is 2.37. The molecule has 82 valence electrons. The second kappa shape index (κ2) is 3.61. The lowest BCUT2D eigenvalue weighted by atomic mass is 9.97. The van der Waals surface area contributed by atoms with E-state index in [4.69, 9.17) is 9.47 Å². The van der Waals surface area contributed by atoms with Gasteiger partial charge in [-0.15, -0.1) is 11.3 Å². The average molecular weight is 226 g/mol. The number of rotatable bonds is 2. The summed E-state index contributed by atoms with van der Waals surface area (Å²) < 4.78 is 10.6.